The molecule has 16 heavy (non-hydrogen) atoms. The van der Waals surface area contributed by atoms with Crippen LogP contribution < -0.4 is 5.32 Å². The van der Waals surface area contributed by atoms with Gasteiger partial charge in [-0.1, -0.05) is 13.8 Å². The van der Waals surface area contributed by atoms with Gasteiger partial charge in [-0.3, -0.25) is 0 Å². The monoisotopic (exact) mass is 223 g/mol. The second-order valence-corrected chi connectivity index (χ2v) is 5.22. The third-order valence-electron chi connectivity index (χ3n) is 3.96. The summed E-state index contributed by atoms with van der Waals surface area (Å²) in [5, 5.41) is 15.2. The van der Waals surface area contributed by atoms with E-state index in [1.54, 1.807) is 0 Å². The number of nitrogens with zero attached hydrogens (tertiary/aromatic N) is 4. The molecule has 1 fully saturated rings. The maximum Gasteiger partial charge on any atom is 0.167 e. The zero-order chi connectivity index (χ0) is 11.8. The van der Waals surface area contributed by atoms with E-state index >= 15 is 0 Å². The summed E-state index contributed by atoms with van der Waals surface area (Å²) in [5.41, 5.74) is 0.442. The molecule has 1 unspecified atom stereocenters. The van der Waals surface area contributed by atoms with Crippen LogP contribution in [-0.2, 0) is 6.54 Å². The highest BCUT2D eigenvalue weighted by Crippen LogP contribution is 2.53. The summed E-state index contributed by atoms with van der Waals surface area (Å²) in [6.45, 7) is 7.62. The van der Waals surface area contributed by atoms with Crippen LogP contribution in [0.3, 0.4) is 0 Å². The minimum Gasteiger partial charge on any atom is -0.311 e. The largest absolute Gasteiger partial charge is 0.311 e. The van der Waals surface area contributed by atoms with E-state index in [1.807, 2.05) is 11.7 Å². The molecule has 0 amide bonds. The van der Waals surface area contributed by atoms with Crippen LogP contribution in [0.25, 0.3) is 0 Å². The number of nitrogens with one attached hydrogen (secondary N) is 1. The molecule has 5 heteroatoms. The molecule has 1 aromatic rings. The van der Waals surface area contributed by atoms with Gasteiger partial charge in [0.25, 0.3) is 0 Å². The molecule has 0 saturated heterocycles. The van der Waals surface area contributed by atoms with E-state index in [4.69, 9.17) is 0 Å². The summed E-state index contributed by atoms with van der Waals surface area (Å²) in [5.74, 6) is 1.64. The van der Waals surface area contributed by atoms with Gasteiger partial charge < -0.3 is 5.32 Å². The molecule has 1 aliphatic carbocycles. The lowest BCUT2D eigenvalue weighted by Crippen LogP contribution is -2.24. The molecule has 1 heterocycles. The quantitative estimate of drug-likeness (QED) is 0.819. The predicted octanol–water partition coefficient (Wildman–Crippen LogP) is 1.39. The van der Waals surface area contributed by atoms with Crippen molar-refractivity contribution in [2.75, 3.05) is 7.05 Å². The first-order chi connectivity index (χ1) is 7.59. The van der Waals surface area contributed by atoms with Crippen molar-refractivity contribution in [3.05, 3.63) is 5.82 Å². The summed E-state index contributed by atoms with van der Waals surface area (Å²) in [4.78, 5) is 0. The Bertz CT molecular complexity index is 353. The first-order valence-electron chi connectivity index (χ1n) is 6.02. The van der Waals surface area contributed by atoms with Crippen LogP contribution in [0, 0.1) is 11.3 Å². The van der Waals surface area contributed by atoms with Gasteiger partial charge in [0.15, 0.2) is 5.82 Å². The topological polar surface area (TPSA) is 55.6 Å². The highest BCUT2D eigenvalue weighted by atomic mass is 15.5. The van der Waals surface area contributed by atoms with Crippen molar-refractivity contribution in [3.63, 3.8) is 0 Å². The van der Waals surface area contributed by atoms with E-state index in [2.05, 4.69) is 41.6 Å². The molecule has 1 atom stereocenters. The fourth-order valence-corrected chi connectivity index (χ4v) is 2.14. The van der Waals surface area contributed by atoms with Crippen LogP contribution >= 0.6 is 0 Å². The SMILES string of the molecule is CNC(C)c1nnnn1CC1(C(C)C)CC1. The third kappa shape index (κ3) is 1.96. The number of tetrazole rings is 1. The van der Waals surface area contributed by atoms with Gasteiger partial charge in [-0.15, -0.1) is 5.10 Å². The minimum atomic E-state index is 0.206. The lowest BCUT2D eigenvalue weighted by Gasteiger charge is -2.20. The Kier molecular flexibility index (Phi) is 2.97. The fraction of sp³-hybridized carbons (Fsp3) is 0.909. The number of hydrogen-bond acceptors (Lipinski definition) is 4. The Hall–Kier alpha value is -0.970. The van der Waals surface area contributed by atoms with Crippen LogP contribution in [0.1, 0.15) is 45.5 Å². The average molecular weight is 223 g/mol. The van der Waals surface area contributed by atoms with E-state index < -0.39 is 0 Å². The van der Waals surface area contributed by atoms with Gasteiger partial charge in [0, 0.05) is 0 Å². The third-order valence-corrected chi connectivity index (χ3v) is 3.96. The number of rotatable bonds is 5. The maximum absolute atomic E-state index is 4.11. The molecular weight excluding hydrogens is 202 g/mol. The fourth-order valence-electron chi connectivity index (χ4n) is 2.14. The summed E-state index contributed by atoms with van der Waals surface area (Å²) >= 11 is 0. The second kappa shape index (κ2) is 4.13. The molecule has 1 aromatic heterocycles. The Labute approximate surface area is 96.6 Å². The second-order valence-electron chi connectivity index (χ2n) is 5.22. The van der Waals surface area contributed by atoms with Crippen LogP contribution in [0.4, 0.5) is 0 Å². The van der Waals surface area contributed by atoms with Crippen molar-refractivity contribution in [3.8, 4) is 0 Å². The normalized spacial score (nSPS) is 20.1. The van der Waals surface area contributed by atoms with Crippen LogP contribution in [0.5, 0.6) is 0 Å². The van der Waals surface area contributed by atoms with E-state index in [1.165, 1.54) is 12.8 Å². The number of aromatic nitrogens is 4. The zero-order valence-corrected chi connectivity index (χ0v) is 10.6. The van der Waals surface area contributed by atoms with Gasteiger partial charge in [-0.2, -0.15) is 0 Å². The molecule has 5 nitrogen and oxygen atoms in total. The van der Waals surface area contributed by atoms with Gasteiger partial charge in [-0.05, 0) is 48.6 Å². The molecule has 0 radical (unpaired) electrons. The Balaban J connectivity index is 2.13. The molecule has 1 aliphatic rings. The van der Waals surface area contributed by atoms with Crippen molar-refractivity contribution < 1.29 is 0 Å². The molecule has 2 rings (SSSR count). The summed E-state index contributed by atoms with van der Waals surface area (Å²) in [6, 6.07) is 0.206. The van der Waals surface area contributed by atoms with Gasteiger partial charge in [0.1, 0.15) is 0 Å². The first-order valence-corrected chi connectivity index (χ1v) is 6.02. The van der Waals surface area contributed by atoms with Gasteiger partial charge >= 0.3 is 0 Å². The van der Waals surface area contributed by atoms with E-state index in [0.717, 1.165) is 12.4 Å². The lowest BCUT2D eigenvalue weighted by atomic mass is 9.92. The maximum atomic E-state index is 4.11. The van der Waals surface area contributed by atoms with Crippen molar-refractivity contribution in [2.45, 2.75) is 46.2 Å². The van der Waals surface area contributed by atoms with Crippen LogP contribution in [0.2, 0.25) is 0 Å². The summed E-state index contributed by atoms with van der Waals surface area (Å²) in [7, 11) is 1.93. The molecule has 0 aromatic carbocycles. The van der Waals surface area contributed by atoms with Crippen molar-refractivity contribution >= 4 is 0 Å². The highest BCUT2D eigenvalue weighted by Gasteiger charge is 2.46. The predicted molar refractivity (Wildman–Crippen MR) is 61.8 cm³/mol. The number of hydrogen-bond donors (Lipinski definition) is 1. The highest BCUT2D eigenvalue weighted by molar-refractivity contribution is 4.98. The van der Waals surface area contributed by atoms with Crippen molar-refractivity contribution in [2.24, 2.45) is 11.3 Å². The molecule has 0 aliphatic heterocycles. The Morgan fingerprint density at radius 1 is 1.38 bits per heavy atom. The van der Waals surface area contributed by atoms with Gasteiger partial charge in [-0.25, -0.2) is 4.68 Å². The first kappa shape index (κ1) is 11.5. The summed E-state index contributed by atoms with van der Waals surface area (Å²) in [6.07, 6.45) is 2.61. The Morgan fingerprint density at radius 2 is 2.06 bits per heavy atom. The Morgan fingerprint density at radius 3 is 2.56 bits per heavy atom. The van der Waals surface area contributed by atoms with Crippen LogP contribution in [-0.4, -0.2) is 27.3 Å². The standard InChI is InChI=1S/C11H21N5/c1-8(2)11(5-6-11)7-16-10(9(3)12-4)13-14-15-16/h8-9,12H,5-7H2,1-4H3. The summed E-state index contributed by atoms with van der Waals surface area (Å²) < 4.78 is 1.97. The van der Waals surface area contributed by atoms with Crippen molar-refractivity contribution in [1.82, 2.24) is 25.5 Å². The molecule has 0 spiro atoms. The zero-order valence-electron chi connectivity index (χ0n) is 10.6. The molecule has 1 N–H and O–H groups in total. The van der Waals surface area contributed by atoms with E-state index in [0.29, 0.717) is 11.3 Å². The molecule has 0 bridgehead atoms. The smallest absolute Gasteiger partial charge is 0.167 e. The lowest BCUT2D eigenvalue weighted by molar-refractivity contribution is 0.285. The molecule has 90 valence electrons. The van der Waals surface area contributed by atoms with Crippen LogP contribution in [0.15, 0.2) is 0 Å². The van der Waals surface area contributed by atoms with E-state index in [-0.39, 0.29) is 6.04 Å². The minimum absolute atomic E-state index is 0.206. The molecular formula is C11H21N5. The van der Waals surface area contributed by atoms with Crippen molar-refractivity contribution in [1.29, 1.82) is 0 Å². The average Bonchev–Trinajstić information content (AvgIpc) is 2.89. The van der Waals surface area contributed by atoms with E-state index in [9.17, 15) is 0 Å². The molecule has 1 saturated carbocycles. The van der Waals surface area contributed by atoms with Gasteiger partial charge in [0.2, 0.25) is 0 Å². The van der Waals surface area contributed by atoms with Gasteiger partial charge in [0.05, 0.1) is 12.6 Å².